The van der Waals surface area contributed by atoms with Gasteiger partial charge in [0.05, 0.1) is 6.61 Å². The molecule has 0 heterocycles. The van der Waals surface area contributed by atoms with Gasteiger partial charge >= 0.3 is 0 Å². The van der Waals surface area contributed by atoms with E-state index in [1.165, 1.54) is 6.92 Å². The zero-order valence-corrected chi connectivity index (χ0v) is 10.8. The third-order valence-electron chi connectivity index (χ3n) is 2.40. The maximum absolute atomic E-state index is 11.1. The van der Waals surface area contributed by atoms with Gasteiger partial charge in [-0.25, -0.2) is 0 Å². The Hall–Kier alpha value is -1.75. The number of carbonyl (C=O) groups is 1. The van der Waals surface area contributed by atoms with Crippen LogP contribution in [0.5, 0.6) is 11.5 Å². The summed E-state index contributed by atoms with van der Waals surface area (Å²) in [6.07, 6.45) is 0.907. The minimum Gasteiger partial charge on any atom is -0.490 e. The van der Waals surface area contributed by atoms with Crippen molar-refractivity contribution in [2.24, 2.45) is 11.5 Å². The summed E-state index contributed by atoms with van der Waals surface area (Å²) < 4.78 is 11.0. The number of para-hydroxylation sites is 2. The molecule has 1 atom stereocenters. The van der Waals surface area contributed by atoms with E-state index in [1.807, 2.05) is 25.1 Å². The Kier molecular flexibility index (Phi) is 4.97. The average Bonchev–Trinajstić information content (AvgIpc) is 2.34. The smallest absolute Gasteiger partial charge is 0.240 e. The normalized spacial score (nSPS) is 13.7. The van der Waals surface area contributed by atoms with Crippen LogP contribution in [0.3, 0.4) is 0 Å². The number of ether oxygens (including phenoxy) is 2. The Bertz CT molecular complexity index is 405. The summed E-state index contributed by atoms with van der Waals surface area (Å²) in [5.41, 5.74) is 9.70. The summed E-state index contributed by atoms with van der Waals surface area (Å²) in [5.74, 6) is 0.595. The van der Waals surface area contributed by atoms with Crippen LogP contribution in [-0.4, -0.2) is 24.7 Å². The number of benzene rings is 1. The third-order valence-corrected chi connectivity index (χ3v) is 2.40. The third kappa shape index (κ3) is 3.92. The maximum Gasteiger partial charge on any atom is 0.240 e. The number of nitrogens with two attached hydrogens (primary N) is 2. The van der Waals surface area contributed by atoms with E-state index in [0.29, 0.717) is 18.1 Å². The number of amides is 1. The highest BCUT2D eigenvalue weighted by Crippen LogP contribution is 2.27. The molecule has 0 aliphatic carbocycles. The number of hydrogen-bond donors (Lipinski definition) is 2. The van der Waals surface area contributed by atoms with Gasteiger partial charge in [0.2, 0.25) is 5.91 Å². The number of primary amides is 1. The molecule has 1 rings (SSSR count). The molecule has 5 heteroatoms. The molecule has 1 unspecified atom stereocenters. The van der Waals surface area contributed by atoms with Gasteiger partial charge in [-0.3, -0.25) is 4.79 Å². The van der Waals surface area contributed by atoms with Crippen LogP contribution in [0.25, 0.3) is 0 Å². The fraction of sp³-hybridized carbons (Fsp3) is 0.462. The highest BCUT2D eigenvalue weighted by Gasteiger charge is 2.27. The topological polar surface area (TPSA) is 87.6 Å². The summed E-state index contributed by atoms with van der Waals surface area (Å²) >= 11 is 0. The predicted molar refractivity (Wildman–Crippen MR) is 69.5 cm³/mol. The molecule has 0 fully saturated rings. The molecule has 0 aromatic heterocycles. The summed E-state index contributed by atoms with van der Waals surface area (Å²) in [7, 11) is 0. The lowest BCUT2D eigenvalue weighted by atomic mass is 10.1. The minimum absolute atomic E-state index is 0.00876. The van der Waals surface area contributed by atoms with Gasteiger partial charge in [-0.2, -0.15) is 0 Å². The largest absolute Gasteiger partial charge is 0.490 e. The average molecular weight is 252 g/mol. The van der Waals surface area contributed by atoms with Gasteiger partial charge in [0.1, 0.15) is 12.1 Å². The second-order valence-corrected chi connectivity index (χ2v) is 4.37. The minimum atomic E-state index is -1.20. The molecule has 0 radical (unpaired) electrons. The Morgan fingerprint density at radius 2 is 1.83 bits per heavy atom. The van der Waals surface area contributed by atoms with Crippen LogP contribution >= 0.6 is 0 Å². The van der Waals surface area contributed by atoms with Crippen LogP contribution in [0.1, 0.15) is 20.3 Å². The van der Waals surface area contributed by atoms with E-state index in [1.54, 1.807) is 6.07 Å². The number of rotatable bonds is 7. The van der Waals surface area contributed by atoms with E-state index < -0.39 is 11.4 Å². The van der Waals surface area contributed by atoms with Crippen molar-refractivity contribution in [3.63, 3.8) is 0 Å². The van der Waals surface area contributed by atoms with Gasteiger partial charge in [0.25, 0.3) is 0 Å². The Labute approximate surface area is 107 Å². The van der Waals surface area contributed by atoms with Gasteiger partial charge in [0.15, 0.2) is 11.5 Å². The summed E-state index contributed by atoms with van der Waals surface area (Å²) in [4.78, 5) is 11.1. The van der Waals surface area contributed by atoms with E-state index in [2.05, 4.69) is 0 Å². The molecule has 0 saturated heterocycles. The first-order valence-electron chi connectivity index (χ1n) is 5.91. The molecule has 4 N–H and O–H groups in total. The molecular weight excluding hydrogens is 232 g/mol. The molecule has 1 aromatic carbocycles. The predicted octanol–water partition coefficient (Wildman–Crippen LogP) is 1.06. The van der Waals surface area contributed by atoms with Crippen molar-refractivity contribution in [2.75, 3.05) is 13.2 Å². The fourth-order valence-electron chi connectivity index (χ4n) is 1.20. The van der Waals surface area contributed by atoms with Crippen molar-refractivity contribution in [3.8, 4) is 11.5 Å². The first-order chi connectivity index (χ1) is 8.47. The number of carbonyl (C=O) groups excluding carboxylic acids is 1. The van der Waals surface area contributed by atoms with Gasteiger partial charge in [-0.05, 0) is 25.5 Å². The molecule has 5 nitrogen and oxygen atoms in total. The van der Waals surface area contributed by atoms with Gasteiger partial charge in [-0.1, -0.05) is 19.1 Å². The first kappa shape index (κ1) is 14.3. The molecule has 0 aliphatic heterocycles. The highest BCUT2D eigenvalue weighted by atomic mass is 16.5. The van der Waals surface area contributed by atoms with Crippen LogP contribution in [0.15, 0.2) is 24.3 Å². The van der Waals surface area contributed by atoms with Crippen molar-refractivity contribution in [1.29, 1.82) is 0 Å². The molecule has 0 bridgehead atoms. The lowest BCUT2D eigenvalue weighted by Crippen LogP contribution is -2.53. The van der Waals surface area contributed by atoms with Crippen LogP contribution in [0, 0.1) is 0 Å². The second kappa shape index (κ2) is 6.26. The summed E-state index contributed by atoms with van der Waals surface area (Å²) in [5, 5.41) is 0. The second-order valence-electron chi connectivity index (χ2n) is 4.37. The molecule has 18 heavy (non-hydrogen) atoms. The lowest BCUT2D eigenvalue weighted by Gasteiger charge is -2.21. The van der Waals surface area contributed by atoms with E-state index in [-0.39, 0.29) is 6.61 Å². The number of hydrogen-bond acceptors (Lipinski definition) is 4. The van der Waals surface area contributed by atoms with Gasteiger partial charge in [-0.15, -0.1) is 0 Å². The SMILES string of the molecule is CCCOc1ccccc1OCC(C)(N)C(N)=O. The summed E-state index contributed by atoms with van der Waals surface area (Å²) in [6.45, 7) is 4.17. The Morgan fingerprint density at radius 1 is 1.28 bits per heavy atom. The van der Waals surface area contributed by atoms with E-state index in [0.717, 1.165) is 6.42 Å². The molecule has 100 valence electrons. The Morgan fingerprint density at radius 3 is 2.33 bits per heavy atom. The zero-order valence-electron chi connectivity index (χ0n) is 10.8. The van der Waals surface area contributed by atoms with Crippen molar-refractivity contribution < 1.29 is 14.3 Å². The molecule has 0 spiro atoms. The van der Waals surface area contributed by atoms with Crippen LogP contribution in [0.4, 0.5) is 0 Å². The Balaban J connectivity index is 2.69. The van der Waals surface area contributed by atoms with Crippen LogP contribution < -0.4 is 20.9 Å². The van der Waals surface area contributed by atoms with E-state index in [4.69, 9.17) is 20.9 Å². The molecular formula is C13H20N2O3. The quantitative estimate of drug-likeness (QED) is 0.759. The van der Waals surface area contributed by atoms with Crippen molar-refractivity contribution in [2.45, 2.75) is 25.8 Å². The molecule has 0 saturated carbocycles. The van der Waals surface area contributed by atoms with E-state index >= 15 is 0 Å². The van der Waals surface area contributed by atoms with Crippen molar-refractivity contribution in [1.82, 2.24) is 0 Å². The highest BCUT2D eigenvalue weighted by molar-refractivity contribution is 5.84. The standard InChI is InChI=1S/C13H20N2O3/c1-3-8-17-10-6-4-5-7-11(10)18-9-13(2,15)12(14)16/h4-7H,3,8-9,15H2,1-2H3,(H2,14,16). The zero-order chi connectivity index (χ0) is 13.6. The van der Waals surface area contributed by atoms with Crippen molar-refractivity contribution in [3.05, 3.63) is 24.3 Å². The van der Waals surface area contributed by atoms with Crippen molar-refractivity contribution >= 4 is 5.91 Å². The van der Waals surface area contributed by atoms with Crippen LogP contribution in [-0.2, 0) is 4.79 Å². The summed E-state index contributed by atoms with van der Waals surface area (Å²) in [6, 6.07) is 7.25. The van der Waals surface area contributed by atoms with Gasteiger partial charge < -0.3 is 20.9 Å². The lowest BCUT2D eigenvalue weighted by molar-refractivity contribution is -0.123. The monoisotopic (exact) mass is 252 g/mol. The molecule has 1 amide bonds. The molecule has 0 aliphatic rings. The van der Waals surface area contributed by atoms with E-state index in [9.17, 15) is 4.79 Å². The first-order valence-corrected chi connectivity index (χ1v) is 5.91. The maximum atomic E-state index is 11.1. The van der Waals surface area contributed by atoms with Gasteiger partial charge in [0, 0.05) is 0 Å². The molecule has 1 aromatic rings. The van der Waals surface area contributed by atoms with Crippen LogP contribution in [0.2, 0.25) is 0 Å². The fourth-order valence-corrected chi connectivity index (χ4v) is 1.20.